The normalized spacial score (nSPS) is 12.7. The first-order valence-electron chi connectivity index (χ1n) is 7.75. The molecule has 0 unspecified atom stereocenters. The van der Waals surface area contributed by atoms with Crippen LogP contribution < -0.4 is 5.32 Å². The molecular formula is C18H22BrNO4. The molecule has 24 heavy (non-hydrogen) atoms. The van der Waals surface area contributed by atoms with Crippen molar-refractivity contribution < 1.29 is 19.1 Å². The number of alkyl carbamates (subject to hydrolysis) is 1. The molecule has 1 aromatic heterocycles. The Balaban J connectivity index is 1.86. The number of carbonyl (C=O) groups excluding carboxylic acids is 1. The number of halogens is 1. The maximum absolute atomic E-state index is 11.6. The molecule has 1 atom stereocenters. The molecule has 0 radical (unpaired) electrons. The summed E-state index contributed by atoms with van der Waals surface area (Å²) < 4.78 is 11.8. The zero-order valence-corrected chi connectivity index (χ0v) is 15.6. The SMILES string of the molecule is CC(C)(C)OC(=O)NCC[C@H](O)c1ccc(-c2ccc(Br)cc2)o1. The molecule has 0 spiro atoms. The molecular weight excluding hydrogens is 374 g/mol. The monoisotopic (exact) mass is 395 g/mol. The van der Waals surface area contributed by atoms with Crippen molar-refractivity contribution >= 4 is 22.0 Å². The minimum atomic E-state index is -0.788. The highest BCUT2D eigenvalue weighted by Gasteiger charge is 2.17. The Morgan fingerprint density at radius 3 is 2.54 bits per heavy atom. The lowest BCUT2D eigenvalue weighted by molar-refractivity contribution is 0.0515. The van der Waals surface area contributed by atoms with Crippen molar-refractivity contribution in [3.05, 3.63) is 46.6 Å². The molecule has 0 aliphatic heterocycles. The van der Waals surface area contributed by atoms with Gasteiger partial charge >= 0.3 is 6.09 Å². The molecule has 1 amide bonds. The van der Waals surface area contributed by atoms with Crippen LogP contribution in [0.3, 0.4) is 0 Å². The molecule has 0 bridgehead atoms. The number of amides is 1. The predicted octanol–water partition coefficient (Wildman–Crippen LogP) is 4.66. The lowest BCUT2D eigenvalue weighted by Gasteiger charge is -2.19. The van der Waals surface area contributed by atoms with Crippen LogP contribution in [0.2, 0.25) is 0 Å². The van der Waals surface area contributed by atoms with Gasteiger partial charge in [-0.1, -0.05) is 28.1 Å². The smallest absolute Gasteiger partial charge is 0.407 e. The molecule has 6 heteroatoms. The van der Waals surface area contributed by atoms with E-state index in [4.69, 9.17) is 9.15 Å². The topological polar surface area (TPSA) is 71.7 Å². The number of ether oxygens (including phenoxy) is 1. The number of rotatable bonds is 5. The van der Waals surface area contributed by atoms with E-state index in [1.807, 2.05) is 30.3 Å². The van der Waals surface area contributed by atoms with Crippen LogP contribution in [0.1, 0.15) is 39.1 Å². The van der Waals surface area contributed by atoms with Crippen LogP contribution in [-0.2, 0) is 4.74 Å². The summed E-state index contributed by atoms with van der Waals surface area (Å²) in [5.74, 6) is 1.16. The summed E-state index contributed by atoms with van der Waals surface area (Å²) in [7, 11) is 0. The Morgan fingerprint density at radius 1 is 1.25 bits per heavy atom. The van der Waals surface area contributed by atoms with Crippen molar-refractivity contribution in [1.29, 1.82) is 0 Å². The number of carbonyl (C=O) groups is 1. The van der Waals surface area contributed by atoms with Crippen LogP contribution >= 0.6 is 15.9 Å². The predicted molar refractivity (Wildman–Crippen MR) is 95.7 cm³/mol. The van der Waals surface area contributed by atoms with Crippen molar-refractivity contribution in [3.63, 3.8) is 0 Å². The third-order valence-corrected chi connectivity index (χ3v) is 3.70. The minimum Gasteiger partial charge on any atom is -0.458 e. The van der Waals surface area contributed by atoms with E-state index in [1.54, 1.807) is 26.8 Å². The second-order valence-corrected chi connectivity index (χ2v) is 7.36. The van der Waals surface area contributed by atoms with E-state index in [9.17, 15) is 9.90 Å². The standard InChI is InChI=1S/C18H22BrNO4/c1-18(2,3)24-17(22)20-11-10-14(21)16-9-8-15(23-16)12-4-6-13(19)7-5-12/h4-9,14,21H,10-11H2,1-3H3,(H,20,22)/t14-/m0/s1. The van der Waals surface area contributed by atoms with Crippen molar-refractivity contribution in [1.82, 2.24) is 5.32 Å². The maximum atomic E-state index is 11.6. The third kappa shape index (κ3) is 5.69. The van der Waals surface area contributed by atoms with Crippen molar-refractivity contribution in [2.75, 3.05) is 6.54 Å². The largest absolute Gasteiger partial charge is 0.458 e. The van der Waals surface area contributed by atoms with Crippen LogP contribution in [0.25, 0.3) is 11.3 Å². The van der Waals surface area contributed by atoms with Gasteiger partial charge in [0, 0.05) is 16.6 Å². The van der Waals surface area contributed by atoms with Crippen LogP contribution in [0.5, 0.6) is 0 Å². The van der Waals surface area contributed by atoms with E-state index < -0.39 is 17.8 Å². The summed E-state index contributed by atoms with van der Waals surface area (Å²) in [6.07, 6.45) is -0.944. The molecule has 2 aromatic rings. The van der Waals surface area contributed by atoms with E-state index in [-0.39, 0.29) is 0 Å². The van der Waals surface area contributed by atoms with Crippen LogP contribution in [-0.4, -0.2) is 23.3 Å². The fourth-order valence-corrected chi connectivity index (χ4v) is 2.33. The number of furan rings is 1. The van der Waals surface area contributed by atoms with Crippen LogP contribution in [0.4, 0.5) is 4.79 Å². The van der Waals surface area contributed by atoms with Gasteiger partial charge < -0.3 is 19.6 Å². The molecule has 0 fully saturated rings. The number of aliphatic hydroxyl groups excluding tert-OH is 1. The Hall–Kier alpha value is -1.79. The number of hydrogen-bond acceptors (Lipinski definition) is 4. The highest BCUT2D eigenvalue weighted by atomic mass is 79.9. The van der Waals surface area contributed by atoms with Gasteiger partial charge in [0.15, 0.2) is 0 Å². The first kappa shape index (κ1) is 18.5. The quantitative estimate of drug-likeness (QED) is 0.771. The van der Waals surface area contributed by atoms with Crippen LogP contribution in [0, 0.1) is 0 Å². The Labute approximate surface area is 150 Å². The van der Waals surface area contributed by atoms with Gasteiger partial charge in [-0.3, -0.25) is 0 Å². The zero-order chi connectivity index (χ0) is 17.7. The molecule has 2 rings (SSSR count). The highest BCUT2D eigenvalue weighted by Crippen LogP contribution is 2.27. The second-order valence-electron chi connectivity index (χ2n) is 6.44. The summed E-state index contributed by atoms with van der Waals surface area (Å²) in [6, 6.07) is 11.3. The van der Waals surface area contributed by atoms with Gasteiger partial charge in [0.05, 0.1) is 0 Å². The second kappa shape index (κ2) is 7.85. The van der Waals surface area contributed by atoms with Gasteiger partial charge in [-0.15, -0.1) is 0 Å². The van der Waals surface area contributed by atoms with Crippen LogP contribution in [0.15, 0.2) is 45.3 Å². The van der Waals surface area contributed by atoms with E-state index in [2.05, 4.69) is 21.2 Å². The molecule has 1 heterocycles. The van der Waals surface area contributed by atoms with E-state index in [1.165, 1.54) is 0 Å². The molecule has 1 aromatic carbocycles. The molecule has 2 N–H and O–H groups in total. The van der Waals surface area contributed by atoms with Gasteiger partial charge in [-0.25, -0.2) is 4.79 Å². The first-order valence-corrected chi connectivity index (χ1v) is 8.54. The van der Waals surface area contributed by atoms with Gasteiger partial charge in [-0.05, 0) is 51.5 Å². The average Bonchev–Trinajstić information content (AvgIpc) is 2.96. The summed E-state index contributed by atoms with van der Waals surface area (Å²) in [6.45, 7) is 5.69. The molecule has 0 saturated carbocycles. The Kier molecular flexibility index (Phi) is 6.07. The maximum Gasteiger partial charge on any atom is 0.407 e. The number of nitrogens with one attached hydrogen (secondary N) is 1. The lowest BCUT2D eigenvalue weighted by atomic mass is 10.2. The summed E-state index contributed by atoms with van der Waals surface area (Å²) in [5, 5.41) is 12.8. The number of aliphatic hydroxyl groups is 1. The highest BCUT2D eigenvalue weighted by molar-refractivity contribution is 9.10. The summed E-state index contributed by atoms with van der Waals surface area (Å²) in [5.41, 5.74) is 0.395. The van der Waals surface area contributed by atoms with E-state index >= 15 is 0 Å². The van der Waals surface area contributed by atoms with Gasteiger partial charge in [-0.2, -0.15) is 0 Å². The van der Waals surface area contributed by atoms with Gasteiger partial charge in [0.1, 0.15) is 23.2 Å². The van der Waals surface area contributed by atoms with E-state index in [0.717, 1.165) is 10.0 Å². The van der Waals surface area contributed by atoms with E-state index in [0.29, 0.717) is 24.5 Å². The fraction of sp³-hybridized carbons (Fsp3) is 0.389. The molecule has 0 aliphatic rings. The van der Waals surface area contributed by atoms with Crippen molar-refractivity contribution in [2.45, 2.75) is 38.9 Å². The average molecular weight is 396 g/mol. The molecule has 0 saturated heterocycles. The van der Waals surface area contributed by atoms with Crippen molar-refractivity contribution in [2.24, 2.45) is 0 Å². The number of hydrogen-bond donors (Lipinski definition) is 2. The Morgan fingerprint density at radius 2 is 1.92 bits per heavy atom. The van der Waals surface area contributed by atoms with Crippen molar-refractivity contribution in [3.8, 4) is 11.3 Å². The van der Waals surface area contributed by atoms with Gasteiger partial charge in [0.2, 0.25) is 0 Å². The first-order chi connectivity index (χ1) is 11.2. The lowest BCUT2D eigenvalue weighted by Crippen LogP contribution is -2.33. The molecule has 5 nitrogen and oxygen atoms in total. The third-order valence-electron chi connectivity index (χ3n) is 3.17. The molecule has 130 valence electrons. The minimum absolute atomic E-state index is 0.296. The number of benzene rings is 1. The Bertz CT molecular complexity index is 673. The van der Waals surface area contributed by atoms with Gasteiger partial charge in [0.25, 0.3) is 0 Å². The zero-order valence-electron chi connectivity index (χ0n) is 14.0. The fourth-order valence-electron chi connectivity index (χ4n) is 2.07. The molecule has 0 aliphatic carbocycles. The summed E-state index contributed by atoms with van der Waals surface area (Å²) >= 11 is 3.39. The summed E-state index contributed by atoms with van der Waals surface area (Å²) in [4.78, 5) is 11.6.